The van der Waals surface area contributed by atoms with Crippen molar-refractivity contribution in [1.82, 2.24) is 9.80 Å². The van der Waals surface area contributed by atoms with Gasteiger partial charge in [-0.3, -0.25) is 9.59 Å². The molecule has 0 aromatic heterocycles. The fraction of sp³-hybridized carbons (Fsp3) is 0.440. The molecule has 2 aromatic rings. The van der Waals surface area contributed by atoms with Gasteiger partial charge in [0.25, 0.3) is 5.91 Å². The van der Waals surface area contributed by atoms with Crippen LogP contribution < -0.4 is 4.74 Å². The fourth-order valence-electron chi connectivity index (χ4n) is 4.50. The minimum atomic E-state index is -0.477. The number of nitrogens with zero attached hydrogens (tertiary/aromatic N) is 2. The van der Waals surface area contributed by atoms with E-state index in [0.29, 0.717) is 68.0 Å². The lowest BCUT2D eigenvalue weighted by Crippen LogP contribution is -2.52. The average Bonchev–Trinajstić information content (AvgIpc) is 2.85. The first-order chi connectivity index (χ1) is 16.0. The predicted octanol–water partition coefficient (Wildman–Crippen LogP) is 4.54. The van der Waals surface area contributed by atoms with Crippen molar-refractivity contribution in [1.29, 1.82) is 0 Å². The molecule has 0 aliphatic carbocycles. The number of likely N-dealkylation sites (tertiary alicyclic amines) is 1. The highest BCUT2D eigenvalue weighted by Gasteiger charge is 2.41. The normalized spacial score (nSPS) is 21.0. The van der Waals surface area contributed by atoms with Crippen molar-refractivity contribution in [3.05, 3.63) is 64.1 Å². The van der Waals surface area contributed by atoms with E-state index in [1.807, 2.05) is 40.1 Å². The Balaban J connectivity index is 1.53. The molecule has 2 fully saturated rings. The number of para-hydroxylation sites is 1. The number of carbonyl (C=O) groups excluding carboxylic acids is 2. The maximum Gasteiger partial charge on any atom is 0.253 e. The van der Waals surface area contributed by atoms with Gasteiger partial charge in [-0.1, -0.05) is 41.4 Å². The average molecular weight is 491 g/mol. The third-order valence-corrected chi connectivity index (χ3v) is 7.03. The van der Waals surface area contributed by atoms with Crippen LogP contribution >= 0.6 is 23.2 Å². The number of hydrogen-bond acceptors (Lipinski definition) is 4. The third-order valence-electron chi connectivity index (χ3n) is 6.29. The number of hydrogen-bond donors (Lipinski definition) is 0. The highest BCUT2D eigenvalue weighted by atomic mass is 35.5. The molecule has 4 rings (SSSR count). The molecule has 33 heavy (non-hydrogen) atoms. The molecule has 6 nitrogen and oxygen atoms in total. The lowest BCUT2D eigenvalue weighted by Gasteiger charge is -2.43. The van der Waals surface area contributed by atoms with Gasteiger partial charge in [0.1, 0.15) is 5.75 Å². The standard InChI is InChI=1S/C25H28Cl2N2O4/c26-21-8-7-19(15-22(21)27)24(31)29-10-4-9-25(17-29,18-33-20-5-2-1-3-6-20)16-23(30)28-11-13-32-14-12-28/h1-3,5-8,15H,4,9-14,16-18H2/t25-/m0/s1. The highest BCUT2D eigenvalue weighted by molar-refractivity contribution is 6.42. The number of benzene rings is 2. The molecule has 0 unspecified atom stereocenters. The number of amides is 2. The van der Waals surface area contributed by atoms with E-state index in [4.69, 9.17) is 32.7 Å². The van der Waals surface area contributed by atoms with Crippen molar-refractivity contribution in [3.63, 3.8) is 0 Å². The van der Waals surface area contributed by atoms with Gasteiger partial charge in [0.15, 0.2) is 0 Å². The molecule has 0 radical (unpaired) electrons. The Morgan fingerprint density at radius 2 is 1.73 bits per heavy atom. The monoisotopic (exact) mass is 490 g/mol. The Morgan fingerprint density at radius 1 is 0.970 bits per heavy atom. The topological polar surface area (TPSA) is 59.1 Å². The van der Waals surface area contributed by atoms with Crippen molar-refractivity contribution < 1.29 is 19.1 Å². The van der Waals surface area contributed by atoms with E-state index in [1.165, 1.54) is 0 Å². The molecule has 2 aromatic carbocycles. The van der Waals surface area contributed by atoms with Crippen LogP contribution in [0.1, 0.15) is 29.6 Å². The van der Waals surface area contributed by atoms with Crippen LogP contribution in [0.2, 0.25) is 10.0 Å². The summed E-state index contributed by atoms with van der Waals surface area (Å²) in [6, 6.07) is 14.5. The molecule has 0 spiro atoms. The molecule has 2 amide bonds. The van der Waals surface area contributed by atoms with Crippen LogP contribution in [0.25, 0.3) is 0 Å². The molecule has 176 valence electrons. The summed E-state index contributed by atoms with van der Waals surface area (Å²) >= 11 is 12.2. The molecule has 0 saturated carbocycles. The molecular formula is C25H28Cl2N2O4. The molecule has 2 saturated heterocycles. The van der Waals surface area contributed by atoms with Crippen LogP contribution in [-0.4, -0.2) is 67.6 Å². The van der Waals surface area contributed by atoms with E-state index < -0.39 is 5.41 Å². The SMILES string of the molecule is O=C(C[C@@]1(COc2ccccc2)CCCN(C(=O)c2ccc(Cl)c(Cl)c2)C1)N1CCOCC1. The van der Waals surface area contributed by atoms with E-state index in [-0.39, 0.29) is 11.8 Å². The van der Waals surface area contributed by atoms with Crippen LogP contribution in [0, 0.1) is 5.41 Å². The summed E-state index contributed by atoms with van der Waals surface area (Å²) in [5, 5.41) is 0.759. The van der Waals surface area contributed by atoms with Crippen LogP contribution in [0.3, 0.4) is 0 Å². The minimum Gasteiger partial charge on any atom is -0.493 e. The van der Waals surface area contributed by atoms with Crippen molar-refractivity contribution in [2.24, 2.45) is 5.41 Å². The van der Waals surface area contributed by atoms with Crippen LogP contribution in [-0.2, 0) is 9.53 Å². The number of rotatable bonds is 6. The van der Waals surface area contributed by atoms with E-state index in [2.05, 4.69) is 0 Å². The lowest BCUT2D eigenvalue weighted by atomic mass is 9.77. The van der Waals surface area contributed by atoms with Gasteiger partial charge in [0.2, 0.25) is 5.91 Å². The second-order valence-corrected chi connectivity index (χ2v) is 9.55. The quantitative estimate of drug-likeness (QED) is 0.596. The largest absolute Gasteiger partial charge is 0.493 e. The van der Waals surface area contributed by atoms with Crippen LogP contribution in [0.4, 0.5) is 0 Å². The summed E-state index contributed by atoms with van der Waals surface area (Å²) in [7, 11) is 0. The van der Waals surface area contributed by atoms with E-state index in [1.54, 1.807) is 18.2 Å². The molecule has 0 N–H and O–H groups in total. The molecule has 1 atom stereocenters. The van der Waals surface area contributed by atoms with Crippen LogP contribution in [0.15, 0.2) is 48.5 Å². The number of piperidine rings is 1. The zero-order valence-electron chi connectivity index (χ0n) is 18.5. The number of morpholine rings is 1. The third kappa shape index (κ3) is 5.99. The summed E-state index contributed by atoms with van der Waals surface area (Å²) < 4.78 is 11.5. The first-order valence-corrected chi connectivity index (χ1v) is 12.0. The first-order valence-electron chi connectivity index (χ1n) is 11.2. The molecule has 2 heterocycles. The molecule has 8 heteroatoms. The van der Waals surface area contributed by atoms with E-state index >= 15 is 0 Å². The fourth-order valence-corrected chi connectivity index (χ4v) is 4.80. The van der Waals surface area contributed by atoms with Crippen molar-refractivity contribution in [2.75, 3.05) is 46.0 Å². The molecule has 2 aliphatic rings. The molecular weight excluding hydrogens is 463 g/mol. The Labute approximate surface area is 204 Å². The van der Waals surface area contributed by atoms with Gasteiger partial charge < -0.3 is 19.3 Å². The smallest absolute Gasteiger partial charge is 0.253 e. The van der Waals surface area contributed by atoms with Crippen LogP contribution in [0.5, 0.6) is 5.75 Å². The van der Waals surface area contributed by atoms with Gasteiger partial charge in [-0.05, 0) is 43.2 Å². The van der Waals surface area contributed by atoms with E-state index in [9.17, 15) is 9.59 Å². The van der Waals surface area contributed by atoms with Crippen molar-refractivity contribution >= 4 is 35.0 Å². The second kappa shape index (κ2) is 10.8. The lowest BCUT2D eigenvalue weighted by molar-refractivity contribution is -0.139. The first kappa shape index (κ1) is 23.9. The summed E-state index contributed by atoms with van der Waals surface area (Å²) in [5.41, 5.74) is 0.0127. The predicted molar refractivity (Wildman–Crippen MR) is 128 cm³/mol. The zero-order valence-corrected chi connectivity index (χ0v) is 20.0. The van der Waals surface area contributed by atoms with Gasteiger partial charge in [-0.15, -0.1) is 0 Å². The number of ether oxygens (including phenoxy) is 2. The van der Waals surface area contributed by atoms with Gasteiger partial charge in [0.05, 0.1) is 29.9 Å². The van der Waals surface area contributed by atoms with Gasteiger partial charge >= 0.3 is 0 Å². The van der Waals surface area contributed by atoms with Gasteiger partial charge in [0, 0.05) is 43.6 Å². The minimum absolute atomic E-state index is 0.0822. The van der Waals surface area contributed by atoms with Crippen molar-refractivity contribution in [2.45, 2.75) is 19.3 Å². The maximum atomic E-state index is 13.3. The Hall–Kier alpha value is -2.28. The van der Waals surface area contributed by atoms with Crippen molar-refractivity contribution in [3.8, 4) is 5.75 Å². The van der Waals surface area contributed by atoms with E-state index in [0.717, 1.165) is 18.6 Å². The maximum absolute atomic E-state index is 13.3. The molecule has 2 aliphatic heterocycles. The zero-order chi connectivity index (χ0) is 23.3. The van der Waals surface area contributed by atoms with Gasteiger partial charge in [-0.2, -0.15) is 0 Å². The summed E-state index contributed by atoms with van der Waals surface area (Å²) in [6.07, 6.45) is 1.92. The summed E-state index contributed by atoms with van der Waals surface area (Å²) in [5.74, 6) is 0.721. The Kier molecular flexibility index (Phi) is 7.78. The highest BCUT2D eigenvalue weighted by Crippen LogP contribution is 2.36. The summed E-state index contributed by atoms with van der Waals surface area (Å²) in [6.45, 7) is 3.73. The molecule has 0 bridgehead atoms. The second-order valence-electron chi connectivity index (χ2n) is 8.73. The number of halogens is 2. The summed E-state index contributed by atoms with van der Waals surface area (Å²) in [4.78, 5) is 30.1. The number of carbonyl (C=O) groups is 2. The Morgan fingerprint density at radius 3 is 2.45 bits per heavy atom. The Bertz CT molecular complexity index is 982. The van der Waals surface area contributed by atoms with Gasteiger partial charge in [-0.25, -0.2) is 0 Å².